The number of amides is 1. The Morgan fingerprint density at radius 2 is 2.10 bits per heavy atom. The van der Waals surface area contributed by atoms with Gasteiger partial charge in [0.05, 0.1) is 23.8 Å². The summed E-state index contributed by atoms with van der Waals surface area (Å²) in [5.74, 6) is 1.47. The number of fused-ring (bicyclic) bond motifs is 1. The summed E-state index contributed by atoms with van der Waals surface area (Å²) in [6.45, 7) is 0.580. The lowest BCUT2D eigenvalue weighted by Crippen LogP contribution is -2.38. The smallest absolute Gasteiger partial charge is 0.265 e. The van der Waals surface area contributed by atoms with Crippen LogP contribution in [0.5, 0.6) is 11.5 Å². The number of benzene rings is 2. The number of ether oxygens (including phenoxy) is 2. The van der Waals surface area contributed by atoms with Crippen molar-refractivity contribution in [3.8, 4) is 11.5 Å². The Bertz CT molecular complexity index is 687. The molecule has 0 atom stereocenters. The largest absolute Gasteiger partial charge is 0.496 e. The zero-order valence-electron chi connectivity index (χ0n) is 11.5. The Labute approximate surface area is 131 Å². The van der Waals surface area contributed by atoms with Crippen molar-refractivity contribution < 1.29 is 14.3 Å². The fraction of sp³-hybridized carbons (Fsp3) is 0.188. The molecule has 0 radical (unpaired) electrons. The Hall–Kier alpha value is -2.01. The number of hydrogen-bond acceptors (Lipinski definition) is 3. The summed E-state index contributed by atoms with van der Waals surface area (Å²) in [7, 11) is 1.63. The maximum Gasteiger partial charge on any atom is 0.265 e. The Kier molecular flexibility index (Phi) is 3.84. The molecule has 0 saturated carbocycles. The summed E-state index contributed by atoms with van der Waals surface area (Å²) in [4.78, 5) is 13.9. The van der Waals surface area contributed by atoms with Crippen LogP contribution in [0.25, 0.3) is 0 Å². The molecule has 0 N–H and O–H groups in total. The molecule has 0 aromatic heterocycles. The van der Waals surface area contributed by atoms with Crippen molar-refractivity contribution in [1.29, 1.82) is 0 Å². The fourth-order valence-corrected chi connectivity index (χ4v) is 2.91. The highest BCUT2D eigenvalue weighted by atomic mass is 79.9. The van der Waals surface area contributed by atoms with Gasteiger partial charge in [-0.2, -0.15) is 0 Å². The van der Waals surface area contributed by atoms with Crippen molar-refractivity contribution >= 4 is 27.5 Å². The number of rotatable bonds is 3. The molecule has 1 aliphatic heterocycles. The van der Waals surface area contributed by atoms with Crippen LogP contribution < -0.4 is 14.4 Å². The average Bonchev–Trinajstić information content (AvgIpc) is 2.50. The molecule has 0 spiro atoms. The molecule has 0 fully saturated rings. The quantitative estimate of drug-likeness (QED) is 0.854. The second-order valence-electron chi connectivity index (χ2n) is 4.71. The van der Waals surface area contributed by atoms with E-state index >= 15 is 0 Å². The Morgan fingerprint density at radius 3 is 2.86 bits per heavy atom. The molecule has 2 aromatic rings. The standard InChI is InChI=1S/C16H14BrNO3/c1-20-14-7-6-11(8-12(14)17)9-18-13-4-2-3-5-15(13)21-10-16(18)19/h2-8H,9-10H2,1H3. The summed E-state index contributed by atoms with van der Waals surface area (Å²) in [6.07, 6.45) is 0. The molecule has 0 bridgehead atoms. The molecule has 21 heavy (non-hydrogen) atoms. The van der Waals surface area contributed by atoms with Gasteiger partial charge in [-0.25, -0.2) is 0 Å². The van der Waals surface area contributed by atoms with E-state index in [1.165, 1.54) is 0 Å². The topological polar surface area (TPSA) is 38.8 Å². The molecule has 0 unspecified atom stereocenters. The molecule has 1 aliphatic rings. The molecule has 3 rings (SSSR count). The minimum atomic E-state index is -0.0411. The highest BCUT2D eigenvalue weighted by Crippen LogP contribution is 2.33. The molecule has 5 heteroatoms. The number of anilines is 1. The van der Waals surface area contributed by atoms with Crippen LogP contribution in [-0.2, 0) is 11.3 Å². The van der Waals surface area contributed by atoms with E-state index in [0.29, 0.717) is 6.54 Å². The van der Waals surface area contributed by atoms with Gasteiger partial charge >= 0.3 is 0 Å². The second kappa shape index (κ2) is 5.77. The number of nitrogens with zero attached hydrogens (tertiary/aromatic N) is 1. The van der Waals surface area contributed by atoms with E-state index in [1.807, 2.05) is 42.5 Å². The van der Waals surface area contributed by atoms with Crippen molar-refractivity contribution in [3.05, 3.63) is 52.5 Å². The number of halogens is 1. The lowest BCUT2D eigenvalue weighted by molar-refractivity contribution is -0.121. The SMILES string of the molecule is COc1ccc(CN2C(=O)COc3ccccc32)cc1Br. The molecular weight excluding hydrogens is 334 g/mol. The third-order valence-electron chi connectivity index (χ3n) is 3.37. The lowest BCUT2D eigenvalue weighted by Gasteiger charge is -2.29. The van der Waals surface area contributed by atoms with Gasteiger partial charge in [0, 0.05) is 0 Å². The van der Waals surface area contributed by atoms with Gasteiger partial charge in [-0.1, -0.05) is 18.2 Å². The van der Waals surface area contributed by atoms with E-state index in [-0.39, 0.29) is 12.5 Å². The van der Waals surface area contributed by atoms with Gasteiger partial charge in [-0.3, -0.25) is 4.79 Å². The summed E-state index contributed by atoms with van der Waals surface area (Å²) in [5.41, 5.74) is 1.83. The van der Waals surface area contributed by atoms with Crippen molar-refractivity contribution in [3.63, 3.8) is 0 Å². The van der Waals surface area contributed by atoms with Crippen molar-refractivity contribution in [2.75, 3.05) is 18.6 Å². The molecule has 1 heterocycles. The van der Waals surface area contributed by atoms with Gasteiger partial charge in [-0.15, -0.1) is 0 Å². The monoisotopic (exact) mass is 347 g/mol. The normalized spacial score (nSPS) is 13.6. The van der Waals surface area contributed by atoms with Crippen LogP contribution >= 0.6 is 15.9 Å². The molecule has 0 aliphatic carbocycles. The van der Waals surface area contributed by atoms with Crippen LogP contribution in [0, 0.1) is 0 Å². The van der Waals surface area contributed by atoms with Gasteiger partial charge in [0.1, 0.15) is 11.5 Å². The van der Waals surface area contributed by atoms with Crippen LogP contribution in [-0.4, -0.2) is 19.6 Å². The third-order valence-corrected chi connectivity index (χ3v) is 3.98. The number of carbonyl (C=O) groups excluding carboxylic acids is 1. The minimum absolute atomic E-state index is 0.0411. The molecule has 1 amide bonds. The van der Waals surface area contributed by atoms with Gasteiger partial charge in [-0.05, 0) is 45.8 Å². The Balaban J connectivity index is 1.90. The summed E-state index contributed by atoms with van der Waals surface area (Å²) in [6, 6.07) is 13.4. The first-order valence-corrected chi connectivity index (χ1v) is 7.33. The minimum Gasteiger partial charge on any atom is -0.496 e. The van der Waals surface area contributed by atoms with Crippen LogP contribution in [0.2, 0.25) is 0 Å². The van der Waals surface area contributed by atoms with E-state index in [2.05, 4.69) is 15.9 Å². The molecule has 2 aromatic carbocycles. The van der Waals surface area contributed by atoms with Crippen molar-refractivity contribution in [2.45, 2.75) is 6.54 Å². The van der Waals surface area contributed by atoms with E-state index in [0.717, 1.165) is 27.2 Å². The van der Waals surface area contributed by atoms with Crippen LogP contribution in [0.4, 0.5) is 5.69 Å². The predicted octanol–water partition coefficient (Wildman–Crippen LogP) is 3.38. The number of hydrogen-bond donors (Lipinski definition) is 0. The highest BCUT2D eigenvalue weighted by Gasteiger charge is 2.25. The maximum atomic E-state index is 12.1. The van der Waals surface area contributed by atoms with Crippen molar-refractivity contribution in [1.82, 2.24) is 0 Å². The second-order valence-corrected chi connectivity index (χ2v) is 5.56. The van der Waals surface area contributed by atoms with Gasteiger partial charge in [0.15, 0.2) is 6.61 Å². The van der Waals surface area contributed by atoms with Gasteiger partial charge < -0.3 is 14.4 Å². The average molecular weight is 348 g/mol. The molecule has 108 valence electrons. The van der Waals surface area contributed by atoms with Crippen molar-refractivity contribution in [2.24, 2.45) is 0 Å². The molecular formula is C16H14BrNO3. The Morgan fingerprint density at radius 1 is 1.29 bits per heavy atom. The summed E-state index contributed by atoms with van der Waals surface area (Å²) in [5, 5.41) is 0. The predicted molar refractivity (Wildman–Crippen MR) is 83.8 cm³/mol. The lowest BCUT2D eigenvalue weighted by atomic mass is 10.1. The van der Waals surface area contributed by atoms with E-state index in [1.54, 1.807) is 12.0 Å². The number of para-hydroxylation sites is 2. The van der Waals surface area contributed by atoms with E-state index < -0.39 is 0 Å². The van der Waals surface area contributed by atoms with Gasteiger partial charge in [0.2, 0.25) is 0 Å². The summed E-state index contributed by atoms with van der Waals surface area (Å²) >= 11 is 3.47. The number of methoxy groups -OCH3 is 1. The van der Waals surface area contributed by atoms with Crippen LogP contribution in [0.1, 0.15) is 5.56 Å². The molecule has 4 nitrogen and oxygen atoms in total. The third kappa shape index (κ3) is 2.74. The molecule has 0 saturated heterocycles. The fourth-order valence-electron chi connectivity index (χ4n) is 2.32. The van der Waals surface area contributed by atoms with Crippen LogP contribution in [0.15, 0.2) is 46.9 Å². The van der Waals surface area contributed by atoms with Gasteiger partial charge in [0.25, 0.3) is 5.91 Å². The zero-order valence-corrected chi connectivity index (χ0v) is 13.1. The van der Waals surface area contributed by atoms with Crippen LogP contribution in [0.3, 0.4) is 0 Å². The highest BCUT2D eigenvalue weighted by molar-refractivity contribution is 9.10. The number of carbonyl (C=O) groups is 1. The van der Waals surface area contributed by atoms with E-state index in [4.69, 9.17) is 9.47 Å². The summed E-state index contributed by atoms with van der Waals surface area (Å²) < 4.78 is 11.5. The maximum absolute atomic E-state index is 12.1. The first-order chi connectivity index (χ1) is 10.2. The first kappa shape index (κ1) is 13.9. The van der Waals surface area contributed by atoms with E-state index in [9.17, 15) is 4.79 Å². The first-order valence-electron chi connectivity index (χ1n) is 6.53. The zero-order chi connectivity index (χ0) is 14.8.